The molecular formula is C15H11N3. The molecule has 5 rings (SSSR count). The summed E-state index contributed by atoms with van der Waals surface area (Å²) in [5, 5.41) is 0. The van der Waals surface area contributed by atoms with Crippen molar-refractivity contribution in [1.29, 1.82) is 0 Å². The number of rotatable bonds is 0. The van der Waals surface area contributed by atoms with E-state index in [2.05, 4.69) is 21.5 Å². The summed E-state index contributed by atoms with van der Waals surface area (Å²) >= 11 is 0. The lowest BCUT2D eigenvalue weighted by Gasteiger charge is -2.08. The molecule has 3 heterocycles. The Hall–Kier alpha value is -2.16. The van der Waals surface area contributed by atoms with Crippen molar-refractivity contribution in [2.75, 3.05) is 0 Å². The lowest BCUT2D eigenvalue weighted by atomic mass is 10.0. The highest BCUT2D eigenvalue weighted by atomic mass is 15.0. The van der Waals surface area contributed by atoms with E-state index < -0.39 is 0 Å². The molecule has 0 spiro atoms. The van der Waals surface area contributed by atoms with E-state index in [0.29, 0.717) is 5.92 Å². The summed E-state index contributed by atoms with van der Waals surface area (Å²) in [4.78, 5) is 9.43. The topological polar surface area (TPSA) is 30.2 Å². The molecule has 3 nitrogen and oxygen atoms in total. The molecule has 0 bridgehead atoms. The van der Waals surface area contributed by atoms with Crippen LogP contribution in [0.2, 0.25) is 0 Å². The van der Waals surface area contributed by atoms with E-state index in [0.717, 1.165) is 22.6 Å². The molecule has 2 aliphatic rings. The zero-order valence-electron chi connectivity index (χ0n) is 9.74. The summed E-state index contributed by atoms with van der Waals surface area (Å²) in [6.45, 7) is 0. The molecule has 86 valence electrons. The maximum absolute atomic E-state index is 4.75. The van der Waals surface area contributed by atoms with Crippen molar-refractivity contribution in [3.05, 3.63) is 47.9 Å². The third kappa shape index (κ3) is 0.957. The van der Waals surface area contributed by atoms with Gasteiger partial charge in [0.05, 0.1) is 17.4 Å². The van der Waals surface area contributed by atoms with E-state index >= 15 is 0 Å². The minimum atomic E-state index is 0.652. The van der Waals surface area contributed by atoms with Gasteiger partial charge in [0.25, 0.3) is 0 Å². The van der Waals surface area contributed by atoms with Crippen molar-refractivity contribution in [1.82, 2.24) is 14.4 Å². The summed E-state index contributed by atoms with van der Waals surface area (Å²) in [7, 11) is 0. The number of imidazole rings is 1. The predicted molar refractivity (Wildman–Crippen MR) is 70.4 cm³/mol. The van der Waals surface area contributed by atoms with Gasteiger partial charge in [0, 0.05) is 17.7 Å². The molecular weight excluding hydrogens is 222 g/mol. The number of hydrogen-bond donors (Lipinski definition) is 0. The van der Waals surface area contributed by atoms with E-state index in [4.69, 9.17) is 4.98 Å². The van der Waals surface area contributed by atoms with Crippen molar-refractivity contribution in [3.63, 3.8) is 0 Å². The Kier molecular flexibility index (Phi) is 1.38. The van der Waals surface area contributed by atoms with Crippen LogP contribution in [0.4, 0.5) is 0 Å². The lowest BCUT2D eigenvalue weighted by Crippen LogP contribution is -1.97. The van der Waals surface area contributed by atoms with Gasteiger partial charge in [0.2, 0.25) is 0 Å². The second-order valence-electron chi connectivity index (χ2n) is 5.20. The molecule has 18 heavy (non-hydrogen) atoms. The fraction of sp³-hybridized carbons (Fsp3) is 0.200. The lowest BCUT2D eigenvalue weighted by molar-refractivity contribution is 0.942. The predicted octanol–water partition coefficient (Wildman–Crippen LogP) is 3.01. The van der Waals surface area contributed by atoms with Crippen LogP contribution in [0.5, 0.6) is 0 Å². The van der Waals surface area contributed by atoms with Gasteiger partial charge in [-0.3, -0.25) is 9.38 Å². The van der Waals surface area contributed by atoms with Crippen molar-refractivity contribution in [2.24, 2.45) is 5.92 Å². The van der Waals surface area contributed by atoms with Crippen LogP contribution in [-0.2, 0) is 0 Å². The van der Waals surface area contributed by atoms with Crippen LogP contribution in [0, 0.1) is 5.92 Å². The summed E-state index contributed by atoms with van der Waals surface area (Å²) in [6.07, 6.45) is 9.81. The molecule has 2 aliphatic carbocycles. The zero-order valence-corrected chi connectivity index (χ0v) is 9.74. The Morgan fingerprint density at radius 3 is 3.28 bits per heavy atom. The van der Waals surface area contributed by atoms with E-state index in [1.165, 1.54) is 17.7 Å². The second kappa shape index (κ2) is 2.80. The molecule has 0 amide bonds. The van der Waals surface area contributed by atoms with Crippen LogP contribution < -0.4 is 0 Å². The molecule has 0 N–H and O–H groups in total. The van der Waals surface area contributed by atoms with Crippen LogP contribution in [0.25, 0.3) is 22.8 Å². The third-order valence-electron chi connectivity index (χ3n) is 4.12. The number of aromatic nitrogens is 3. The number of hydrogen-bond acceptors (Lipinski definition) is 2. The molecule has 3 aromatic heterocycles. The van der Waals surface area contributed by atoms with Gasteiger partial charge >= 0.3 is 0 Å². The van der Waals surface area contributed by atoms with Crippen LogP contribution in [-0.4, -0.2) is 14.4 Å². The van der Waals surface area contributed by atoms with Gasteiger partial charge in [-0.25, -0.2) is 4.98 Å². The minimum Gasteiger partial charge on any atom is -0.298 e. The van der Waals surface area contributed by atoms with E-state index in [1.807, 2.05) is 30.6 Å². The Labute approximate surface area is 104 Å². The smallest absolute Gasteiger partial charge is 0.137 e. The quantitative estimate of drug-likeness (QED) is 0.597. The molecule has 2 atom stereocenters. The van der Waals surface area contributed by atoms with Gasteiger partial charge in [0.15, 0.2) is 0 Å². The zero-order chi connectivity index (χ0) is 11.7. The Balaban J connectivity index is 1.97. The van der Waals surface area contributed by atoms with Gasteiger partial charge in [-0.1, -0.05) is 18.2 Å². The number of fused-ring (bicyclic) bond motifs is 7. The number of pyridine rings is 2. The highest BCUT2D eigenvalue weighted by Gasteiger charge is 2.41. The fourth-order valence-electron chi connectivity index (χ4n) is 3.08. The molecule has 0 aliphatic heterocycles. The maximum atomic E-state index is 4.75. The first-order valence-electron chi connectivity index (χ1n) is 6.36. The van der Waals surface area contributed by atoms with E-state index in [1.54, 1.807) is 0 Å². The molecule has 3 aromatic rings. The largest absolute Gasteiger partial charge is 0.298 e. The van der Waals surface area contributed by atoms with Crippen molar-refractivity contribution >= 4 is 22.8 Å². The van der Waals surface area contributed by atoms with Crippen LogP contribution in [0.3, 0.4) is 0 Å². The normalized spacial score (nSPS) is 24.2. The summed E-state index contributed by atoms with van der Waals surface area (Å²) in [6, 6.07) is 6.09. The molecule has 0 aromatic carbocycles. The standard InChI is InChI=1S/C15H11N3/c1-2-6-18-12-8-16-14-10(5-4-9-7-11(9)14)15(12)17-13(18)3-1/h1-6,8-9,11H,7H2. The molecule has 1 fully saturated rings. The second-order valence-corrected chi connectivity index (χ2v) is 5.20. The summed E-state index contributed by atoms with van der Waals surface area (Å²) < 4.78 is 2.11. The highest BCUT2D eigenvalue weighted by molar-refractivity contribution is 5.89. The van der Waals surface area contributed by atoms with Gasteiger partial charge in [-0.15, -0.1) is 0 Å². The van der Waals surface area contributed by atoms with Crippen molar-refractivity contribution < 1.29 is 0 Å². The molecule has 0 saturated heterocycles. The van der Waals surface area contributed by atoms with Crippen LogP contribution in [0.15, 0.2) is 36.7 Å². The van der Waals surface area contributed by atoms with Gasteiger partial charge in [0.1, 0.15) is 11.2 Å². The third-order valence-corrected chi connectivity index (χ3v) is 4.12. The highest BCUT2D eigenvalue weighted by Crippen LogP contribution is 2.52. The van der Waals surface area contributed by atoms with E-state index in [-0.39, 0.29) is 0 Å². The maximum Gasteiger partial charge on any atom is 0.137 e. The van der Waals surface area contributed by atoms with Crippen molar-refractivity contribution in [3.8, 4) is 0 Å². The molecule has 0 radical (unpaired) electrons. The minimum absolute atomic E-state index is 0.652. The Bertz CT molecular complexity index is 828. The average Bonchev–Trinajstić information content (AvgIpc) is 3.11. The Morgan fingerprint density at radius 1 is 1.28 bits per heavy atom. The van der Waals surface area contributed by atoms with Crippen LogP contribution in [0.1, 0.15) is 23.6 Å². The van der Waals surface area contributed by atoms with E-state index in [9.17, 15) is 0 Å². The SMILES string of the molecule is C1=CC2CC2c2ncc3c(nc4ccccn43)c21. The van der Waals surface area contributed by atoms with Gasteiger partial charge in [-0.05, 0) is 24.5 Å². The summed E-state index contributed by atoms with van der Waals surface area (Å²) in [5.74, 6) is 1.39. The summed E-state index contributed by atoms with van der Waals surface area (Å²) in [5.41, 5.74) is 5.67. The monoisotopic (exact) mass is 233 g/mol. The Morgan fingerprint density at radius 2 is 2.28 bits per heavy atom. The first-order chi connectivity index (χ1) is 8.92. The molecule has 1 saturated carbocycles. The van der Waals surface area contributed by atoms with Crippen molar-refractivity contribution in [2.45, 2.75) is 12.3 Å². The number of nitrogens with zero attached hydrogens (tertiary/aromatic N) is 3. The van der Waals surface area contributed by atoms with Gasteiger partial charge in [-0.2, -0.15) is 0 Å². The number of allylic oxidation sites excluding steroid dienone is 1. The molecule has 2 unspecified atom stereocenters. The van der Waals surface area contributed by atoms with Gasteiger partial charge < -0.3 is 0 Å². The fourth-order valence-corrected chi connectivity index (χ4v) is 3.08. The first kappa shape index (κ1) is 8.86. The average molecular weight is 233 g/mol. The molecule has 3 heteroatoms. The first-order valence-corrected chi connectivity index (χ1v) is 6.36. The van der Waals surface area contributed by atoms with Crippen LogP contribution >= 0.6 is 0 Å².